The van der Waals surface area contributed by atoms with Crippen molar-refractivity contribution in [1.82, 2.24) is 15.5 Å². The fraction of sp³-hybridized carbons (Fsp3) is 0.409. The van der Waals surface area contributed by atoms with E-state index in [2.05, 4.69) is 20.5 Å². The molecule has 1 fully saturated rings. The third-order valence-electron chi connectivity index (χ3n) is 4.81. The average Bonchev–Trinajstić information content (AvgIpc) is 2.77. The van der Waals surface area contributed by atoms with E-state index >= 15 is 0 Å². The van der Waals surface area contributed by atoms with Gasteiger partial charge >= 0.3 is 0 Å². The quantitative estimate of drug-likeness (QED) is 0.239. The fourth-order valence-corrected chi connectivity index (χ4v) is 3.33. The first-order valence-electron chi connectivity index (χ1n) is 9.96. The number of halogens is 2. The zero-order valence-electron chi connectivity index (χ0n) is 17.2. The van der Waals surface area contributed by atoms with Crippen LogP contribution in [0.2, 0.25) is 0 Å². The summed E-state index contributed by atoms with van der Waals surface area (Å²) >= 11 is 0. The zero-order chi connectivity index (χ0) is 20.3. The van der Waals surface area contributed by atoms with Gasteiger partial charge in [0.1, 0.15) is 18.2 Å². The van der Waals surface area contributed by atoms with E-state index in [1.165, 1.54) is 6.07 Å². The van der Waals surface area contributed by atoms with Crippen molar-refractivity contribution < 1.29 is 13.9 Å². The highest BCUT2D eigenvalue weighted by molar-refractivity contribution is 14.0. The highest BCUT2D eigenvalue weighted by Gasteiger charge is 2.23. The molecule has 0 aliphatic carbocycles. The Hall–Kier alpha value is -1.91. The van der Waals surface area contributed by atoms with Gasteiger partial charge in [-0.2, -0.15) is 0 Å². The van der Waals surface area contributed by atoms with Crippen molar-refractivity contribution >= 4 is 29.9 Å². The molecule has 2 aromatic carbocycles. The molecule has 1 heterocycles. The maximum absolute atomic E-state index is 13.8. The molecule has 1 unspecified atom stereocenters. The Bertz CT molecular complexity index is 773. The van der Waals surface area contributed by atoms with Crippen LogP contribution in [0.3, 0.4) is 0 Å². The van der Waals surface area contributed by atoms with Gasteiger partial charge in [-0.25, -0.2) is 4.39 Å². The summed E-state index contributed by atoms with van der Waals surface area (Å²) < 4.78 is 25.0. The summed E-state index contributed by atoms with van der Waals surface area (Å²) in [6, 6.07) is 16.5. The van der Waals surface area contributed by atoms with Gasteiger partial charge in [-0.3, -0.25) is 9.89 Å². The molecule has 0 radical (unpaired) electrons. The lowest BCUT2D eigenvalue weighted by atomic mass is 10.0. The van der Waals surface area contributed by atoms with Gasteiger partial charge in [0.05, 0.1) is 25.8 Å². The van der Waals surface area contributed by atoms with Crippen LogP contribution in [0.5, 0.6) is 5.75 Å². The molecule has 6 nitrogen and oxygen atoms in total. The molecule has 1 aliphatic rings. The molecule has 3 rings (SSSR count). The molecule has 2 aromatic rings. The van der Waals surface area contributed by atoms with Crippen LogP contribution in [0.25, 0.3) is 0 Å². The van der Waals surface area contributed by atoms with Gasteiger partial charge in [0, 0.05) is 26.7 Å². The zero-order valence-corrected chi connectivity index (χ0v) is 19.6. The lowest BCUT2D eigenvalue weighted by Gasteiger charge is -2.35. The van der Waals surface area contributed by atoms with Crippen LogP contribution in [0.1, 0.15) is 11.6 Å². The number of hydrogen-bond donors (Lipinski definition) is 2. The van der Waals surface area contributed by atoms with E-state index in [0.29, 0.717) is 38.9 Å². The molecule has 30 heavy (non-hydrogen) atoms. The third kappa shape index (κ3) is 7.73. The predicted molar refractivity (Wildman–Crippen MR) is 128 cm³/mol. The number of guanidine groups is 1. The van der Waals surface area contributed by atoms with Gasteiger partial charge in [-0.15, -0.1) is 24.0 Å². The first-order chi connectivity index (χ1) is 14.3. The molecule has 0 saturated carbocycles. The molecule has 1 aliphatic heterocycles. The smallest absolute Gasteiger partial charge is 0.191 e. The van der Waals surface area contributed by atoms with E-state index in [1.54, 1.807) is 19.2 Å². The van der Waals surface area contributed by atoms with Crippen LogP contribution in [0.4, 0.5) is 4.39 Å². The molecule has 0 aromatic heterocycles. The molecular formula is C22H30FIN4O2. The number of hydrogen-bond acceptors (Lipinski definition) is 4. The second-order valence-corrected chi connectivity index (χ2v) is 6.76. The van der Waals surface area contributed by atoms with E-state index in [1.807, 2.05) is 36.4 Å². The van der Waals surface area contributed by atoms with Crippen molar-refractivity contribution in [3.05, 3.63) is 66.0 Å². The minimum absolute atomic E-state index is 0. The van der Waals surface area contributed by atoms with E-state index in [0.717, 1.165) is 24.4 Å². The number of nitrogens with one attached hydrogen (secondary N) is 2. The molecule has 0 bridgehead atoms. The van der Waals surface area contributed by atoms with E-state index in [-0.39, 0.29) is 35.8 Å². The lowest BCUT2D eigenvalue weighted by molar-refractivity contribution is 0.0169. The summed E-state index contributed by atoms with van der Waals surface area (Å²) in [5.74, 6) is 1.31. The van der Waals surface area contributed by atoms with Gasteiger partial charge in [0.15, 0.2) is 5.96 Å². The number of nitrogens with zero attached hydrogens (tertiary/aromatic N) is 2. The molecule has 0 amide bonds. The van der Waals surface area contributed by atoms with Crippen molar-refractivity contribution in [3.63, 3.8) is 0 Å². The Kier molecular flexibility index (Phi) is 10.9. The monoisotopic (exact) mass is 528 g/mol. The van der Waals surface area contributed by atoms with Crippen LogP contribution in [0, 0.1) is 5.82 Å². The summed E-state index contributed by atoms with van der Waals surface area (Å²) in [6.45, 7) is 4.78. The Morgan fingerprint density at radius 2 is 1.90 bits per heavy atom. The second-order valence-electron chi connectivity index (χ2n) is 6.76. The minimum Gasteiger partial charge on any atom is -0.492 e. The van der Waals surface area contributed by atoms with E-state index in [4.69, 9.17) is 9.47 Å². The Balaban J connectivity index is 0.00000320. The van der Waals surface area contributed by atoms with Gasteiger partial charge in [0.25, 0.3) is 0 Å². The largest absolute Gasteiger partial charge is 0.492 e. The minimum atomic E-state index is -0.221. The molecule has 8 heteroatoms. The Labute approximate surface area is 194 Å². The number of morpholine rings is 1. The normalized spacial score (nSPS) is 15.7. The number of benzene rings is 2. The maximum atomic E-state index is 13.8. The van der Waals surface area contributed by atoms with Crippen LogP contribution >= 0.6 is 24.0 Å². The van der Waals surface area contributed by atoms with Crippen molar-refractivity contribution in [2.24, 2.45) is 4.99 Å². The standard InChI is InChI=1S/C22H29FN4O2.HI/c1-24-22(25-10-13-29-20-8-3-2-4-9-20)26-17-21(27-11-14-28-15-12-27)18-6-5-7-19(23)16-18;/h2-9,16,21H,10-15,17H2,1H3,(H2,24,25,26);1H. The predicted octanol–water partition coefficient (Wildman–Crippen LogP) is 3.06. The van der Waals surface area contributed by atoms with E-state index in [9.17, 15) is 4.39 Å². The number of ether oxygens (including phenoxy) is 2. The van der Waals surface area contributed by atoms with Crippen LogP contribution in [-0.4, -0.2) is 63.9 Å². The van der Waals surface area contributed by atoms with Gasteiger partial charge in [-0.05, 0) is 29.8 Å². The Morgan fingerprint density at radius 1 is 1.13 bits per heavy atom. The van der Waals surface area contributed by atoms with Crippen molar-refractivity contribution in [3.8, 4) is 5.75 Å². The second kappa shape index (κ2) is 13.4. The molecule has 1 atom stereocenters. The first-order valence-corrected chi connectivity index (χ1v) is 9.96. The summed E-state index contributed by atoms with van der Waals surface area (Å²) in [4.78, 5) is 6.60. The van der Waals surface area contributed by atoms with Crippen LogP contribution < -0.4 is 15.4 Å². The van der Waals surface area contributed by atoms with Crippen LogP contribution in [-0.2, 0) is 4.74 Å². The molecule has 164 valence electrons. The van der Waals surface area contributed by atoms with E-state index < -0.39 is 0 Å². The van der Waals surface area contributed by atoms with Gasteiger partial charge in [0.2, 0.25) is 0 Å². The highest BCUT2D eigenvalue weighted by atomic mass is 127. The average molecular weight is 528 g/mol. The number of aliphatic imine (C=N–C) groups is 1. The van der Waals surface area contributed by atoms with Crippen molar-refractivity contribution in [1.29, 1.82) is 0 Å². The summed E-state index contributed by atoms with van der Waals surface area (Å²) in [7, 11) is 1.74. The van der Waals surface area contributed by atoms with Crippen molar-refractivity contribution in [2.45, 2.75) is 6.04 Å². The molecule has 0 spiro atoms. The maximum Gasteiger partial charge on any atom is 0.191 e. The first kappa shape index (κ1) is 24.4. The molecule has 1 saturated heterocycles. The van der Waals surface area contributed by atoms with Gasteiger partial charge < -0.3 is 20.1 Å². The topological polar surface area (TPSA) is 58.1 Å². The lowest BCUT2D eigenvalue weighted by Crippen LogP contribution is -2.46. The third-order valence-corrected chi connectivity index (χ3v) is 4.81. The van der Waals surface area contributed by atoms with Crippen molar-refractivity contribution in [2.75, 3.05) is 53.0 Å². The summed E-state index contributed by atoms with van der Waals surface area (Å²) in [5, 5.41) is 6.62. The van der Waals surface area contributed by atoms with Gasteiger partial charge in [-0.1, -0.05) is 30.3 Å². The summed E-state index contributed by atoms with van der Waals surface area (Å²) in [5.41, 5.74) is 0.947. The summed E-state index contributed by atoms with van der Waals surface area (Å²) in [6.07, 6.45) is 0. The fourth-order valence-electron chi connectivity index (χ4n) is 3.33. The van der Waals surface area contributed by atoms with Crippen LogP contribution in [0.15, 0.2) is 59.6 Å². The Morgan fingerprint density at radius 3 is 2.60 bits per heavy atom. The number of para-hydroxylation sites is 1. The molecule has 2 N–H and O–H groups in total. The molecular weight excluding hydrogens is 498 g/mol. The number of rotatable bonds is 8. The SMILES string of the molecule is CN=C(NCCOc1ccccc1)NCC(c1cccc(F)c1)N1CCOCC1.I. The highest BCUT2D eigenvalue weighted by Crippen LogP contribution is 2.22.